The van der Waals surface area contributed by atoms with Gasteiger partial charge in [0.1, 0.15) is 16.5 Å². The highest BCUT2D eigenvalue weighted by atomic mass is 32.2. The predicted molar refractivity (Wildman–Crippen MR) is 82.7 cm³/mol. The van der Waals surface area contributed by atoms with E-state index in [1.165, 1.54) is 12.5 Å². The number of hydrogen-bond acceptors (Lipinski definition) is 6. The number of aromatic nitrogens is 4. The molecule has 118 valence electrons. The van der Waals surface area contributed by atoms with Crippen LogP contribution in [-0.4, -0.2) is 47.9 Å². The topological polar surface area (TPSA) is 91.8 Å². The molecule has 0 aliphatic carbocycles. The molecule has 0 radical (unpaired) electrons. The van der Waals surface area contributed by atoms with E-state index in [0.29, 0.717) is 10.6 Å². The lowest BCUT2D eigenvalue weighted by molar-refractivity contribution is 0.491. The summed E-state index contributed by atoms with van der Waals surface area (Å²) in [6, 6.07) is 1.89. The van der Waals surface area contributed by atoms with Crippen molar-refractivity contribution in [3.05, 3.63) is 30.0 Å². The number of sulfone groups is 1. The van der Waals surface area contributed by atoms with Crippen molar-refractivity contribution in [2.45, 2.75) is 30.6 Å². The zero-order chi connectivity index (χ0) is 15.7. The molecule has 2 aromatic rings. The molecule has 0 bridgehead atoms. The molecule has 1 saturated heterocycles. The number of anilines is 1. The first-order valence-corrected chi connectivity index (χ1v) is 9.12. The predicted octanol–water partition coefficient (Wildman–Crippen LogP) is 1.30. The maximum atomic E-state index is 11.9. The van der Waals surface area contributed by atoms with Crippen molar-refractivity contribution in [1.82, 2.24) is 20.2 Å². The third-order valence-corrected chi connectivity index (χ3v) is 5.07. The van der Waals surface area contributed by atoms with Crippen LogP contribution in [0.3, 0.4) is 0 Å². The van der Waals surface area contributed by atoms with E-state index in [-0.39, 0.29) is 5.92 Å². The number of nitrogens with zero attached hydrogens (tertiary/aromatic N) is 4. The van der Waals surface area contributed by atoms with E-state index in [9.17, 15) is 8.42 Å². The normalized spacial score (nSPS) is 19.4. The summed E-state index contributed by atoms with van der Waals surface area (Å²) in [5.74, 6) is 1.73. The Labute approximate surface area is 129 Å². The van der Waals surface area contributed by atoms with E-state index in [1.54, 1.807) is 6.20 Å². The highest BCUT2D eigenvalue weighted by Gasteiger charge is 2.28. The summed E-state index contributed by atoms with van der Waals surface area (Å²) >= 11 is 0. The third kappa shape index (κ3) is 2.96. The van der Waals surface area contributed by atoms with E-state index in [4.69, 9.17) is 0 Å². The van der Waals surface area contributed by atoms with E-state index in [1.807, 2.05) is 13.0 Å². The molecular formula is C14H19N5O2S. The average Bonchev–Trinajstić information content (AvgIpc) is 2.97. The first-order valence-electron chi connectivity index (χ1n) is 7.23. The molecule has 7 nitrogen and oxygen atoms in total. The van der Waals surface area contributed by atoms with E-state index in [0.717, 1.165) is 37.6 Å². The number of rotatable bonds is 3. The van der Waals surface area contributed by atoms with E-state index >= 15 is 0 Å². The van der Waals surface area contributed by atoms with Crippen LogP contribution >= 0.6 is 0 Å². The Bertz CT molecular complexity index is 771. The van der Waals surface area contributed by atoms with Gasteiger partial charge in [0.15, 0.2) is 9.84 Å². The summed E-state index contributed by atoms with van der Waals surface area (Å²) in [6.07, 6.45) is 6.29. The van der Waals surface area contributed by atoms with Crippen molar-refractivity contribution in [2.75, 3.05) is 24.2 Å². The zero-order valence-corrected chi connectivity index (χ0v) is 13.5. The van der Waals surface area contributed by atoms with Crippen LogP contribution in [0, 0.1) is 6.92 Å². The Morgan fingerprint density at radius 3 is 2.95 bits per heavy atom. The number of aromatic amines is 1. The van der Waals surface area contributed by atoms with Gasteiger partial charge in [-0.2, -0.15) is 5.10 Å². The highest BCUT2D eigenvalue weighted by Crippen LogP contribution is 2.31. The van der Waals surface area contributed by atoms with Gasteiger partial charge in [0.25, 0.3) is 0 Å². The molecule has 1 aliphatic heterocycles. The molecule has 1 atom stereocenters. The Hall–Kier alpha value is -1.96. The SMILES string of the molecule is Cc1nccc(N2CCCC(c3[nH]ncc3S(C)(=O)=O)C2)n1. The summed E-state index contributed by atoms with van der Waals surface area (Å²) < 4.78 is 23.7. The Kier molecular flexibility index (Phi) is 3.86. The van der Waals surface area contributed by atoms with Gasteiger partial charge in [0.2, 0.25) is 0 Å². The van der Waals surface area contributed by atoms with Crippen LogP contribution in [0.25, 0.3) is 0 Å². The largest absolute Gasteiger partial charge is 0.356 e. The third-order valence-electron chi connectivity index (χ3n) is 3.95. The minimum absolute atomic E-state index is 0.108. The van der Waals surface area contributed by atoms with Gasteiger partial charge < -0.3 is 4.90 Å². The van der Waals surface area contributed by atoms with Crippen molar-refractivity contribution in [1.29, 1.82) is 0 Å². The molecule has 0 spiro atoms. The van der Waals surface area contributed by atoms with Gasteiger partial charge in [-0.05, 0) is 25.8 Å². The van der Waals surface area contributed by atoms with Crippen molar-refractivity contribution in [3.8, 4) is 0 Å². The zero-order valence-electron chi connectivity index (χ0n) is 12.7. The summed E-state index contributed by atoms with van der Waals surface area (Å²) in [4.78, 5) is 11.1. The summed E-state index contributed by atoms with van der Waals surface area (Å²) in [7, 11) is -3.27. The lowest BCUT2D eigenvalue weighted by atomic mass is 9.95. The minimum atomic E-state index is -3.27. The maximum Gasteiger partial charge on any atom is 0.178 e. The van der Waals surface area contributed by atoms with Gasteiger partial charge in [-0.3, -0.25) is 5.10 Å². The number of nitrogens with one attached hydrogen (secondary N) is 1. The van der Waals surface area contributed by atoms with Crippen molar-refractivity contribution < 1.29 is 8.42 Å². The Morgan fingerprint density at radius 1 is 1.41 bits per heavy atom. The van der Waals surface area contributed by atoms with Gasteiger partial charge in [-0.1, -0.05) is 0 Å². The van der Waals surface area contributed by atoms with E-state index < -0.39 is 9.84 Å². The molecular weight excluding hydrogens is 302 g/mol. The number of piperidine rings is 1. The average molecular weight is 321 g/mol. The van der Waals surface area contributed by atoms with Gasteiger partial charge >= 0.3 is 0 Å². The van der Waals surface area contributed by atoms with Crippen LogP contribution in [0.2, 0.25) is 0 Å². The smallest absolute Gasteiger partial charge is 0.178 e. The van der Waals surface area contributed by atoms with Crippen LogP contribution in [-0.2, 0) is 9.84 Å². The summed E-state index contributed by atoms with van der Waals surface area (Å²) in [5, 5.41) is 6.80. The van der Waals surface area contributed by atoms with E-state index in [2.05, 4.69) is 25.1 Å². The molecule has 2 aromatic heterocycles. The van der Waals surface area contributed by atoms with Crippen molar-refractivity contribution >= 4 is 15.7 Å². The fourth-order valence-electron chi connectivity index (χ4n) is 2.91. The molecule has 22 heavy (non-hydrogen) atoms. The standard InChI is InChI=1S/C14H19N5O2S/c1-10-15-6-5-13(17-10)19-7-3-4-11(9-19)14-12(8-16-18-14)22(2,20)21/h5-6,8,11H,3-4,7,9H2,1-2H3,(H,16,18). The fraction of sp³-hybridized carbons (Fsp3) is 0.500. The van der Waals surface area contributed by atoms with Gasteiger partial charge in [0.05, 0.1) is 11.9 Å². The second-order valence-corrected chi connectivity index (χ2v) is 7.65. The quantitative estimate of drug-likeness (QED) is 0.916. The molecule has 1 fully saturated rings. The molecule has 1 aliphatic rings. The lowest BCUT2D eigenvalue weighted by Crippen LogP contribution is -2.35. The molecule has 0 aromatic carbocycles. The molecule has 1 N–H and O–H groups in total. The maximum absolute atomic E-state index is 11.9. The molecule has 1 unspecified atom stereocenters. The number of aryl methyl sites for hydroxylation is 1. The van der Waals surface area contributed by atoms with Gasteiger partial charge in [-0.15, -0.1) is 0 Å². The second kappa shape index (κ2) is 5.68. The van der Waals surface area contributed by atoms with Crippen LogP contribution < -0.4 is 4.90 Å². The Balaban J connectivity index is 1.87. The highest BCUT2D eigenvalue weighted by molar-refractivity contribution is 7.90. The monoisotopic (exact) mass is 321 g/mol. The van der Waals surface area contributed by atoms with Crippen LogP contribution in [0.4, 0.5) is 5.82 Å². The van der Waals surface area contributed by atoms with Crippen LogP contribution in [0.5, 0.6) is 0 Å². The first-order chi connectivity index (χ1) is 10.4. The molecule has 0 amide bonds. The number of hydrogen-bond donors (Lipinski definition) is 1. The first kappa shape index (κ1) is 15.0. The fourth-order valence-corrected chi connectivity index (χ4v) is 3.77. The lowest BCUT2D eigenvalue weighted by Gasteiger charge is -2.33. The molecule has 3 rings (SSSR count). The van der Waals surface area contributed by atoms with Gasteiger partial charge in [0, 0.05) is 31.5 Å². The van der Waals surface area contributed by atoms with Gasteiger partial charge in [-0.25, -0.2) is 18.4 Å². The molecule has 0 saturated carbocycles. The summed E-state index contributed by atoms with van der Waals surface area (Å²) in [6.45, 7) is 3.50. The second-order valence-electron chi connectivity index (χ2n) is 5.67. The number of H-pyrrole nitrogens is 1. The van der Waals surface area contributed by atoms with Crippen LogP contribution in [0.1, 0.15) is 30.3 Å². The minimum Gasteiger partial charge on any atom is -0.356 e. The molecule has 3 heterocycles. The Morgan fingerprint density at radius 2 is 2.23 bits per heavy atom. The van der Waals surface area contributed by atoms with Crippen LogP contribution in [0.15, 0.2) is 23.4 Å². The molecule has 8 heteroatoms. The van der Waals surface area contributed by atoms with Crippen molar-refractivity contribution in [2.24, 2.45) is 0 Å². The van der Waals surface area contributed by atoms with Crippen molar-refractivity contribution in [3.63, 3.8) is 0 Å². The summed E-state index contributed by atoms with van der Waals surface area (Å²) in [5.41, 5.74) is 0.706.